The highest BCUT2D eigenvalue weighted by molar-refractivity contribution is 5.75. The van der Waals surface area contributed by atoms with Gasteiger partial charge in [0.1, 0.15) is 0 Å². The van der Waals surface area contributed by atoms with Crippen LogP contribution in [-0.2, 0) is 24.4 Å². The lowest BCUT2D eigenvalue weighted by Crippen LogP contribution is -2.31. The minimum Gasteiger partial charge on any atom is -0.481 e. The van der Waals surface area contributed by atoms with Crippen molar-refractivity contribution < 1.29 is 9.53 Å². The molecule has 0 fully saturated rings. The summed E-state index contributed by atoms with van der Waals surface area (Å²) in [5.41, 5.74) is 2.34. The van der Waals surface area contributed by atoms with E-state index in [4.69, 9.17) is 4.74 Å². The molecule has 2 aromatic heterocycles. The molecule has 0 unspecified atom stereocenters. The van der Waals surface area contributed by atoms with Gasteiger partial charge in [-0.3, -0.25) is 9.69 Å². The van der Waals surface area contributed by atoms with E-state index >= 15 is 0 Å². The molecule has 128 valence electrons. The topological polar surface area (TPSA) is 59.4 Å². The molecule has 0 radical (unpaired) electrons. The Balaban J connectivity index is 1.80. The number of nitrogens with zero attached hydrogens (tertiary/aromatic N) is 3. The molecule has 1 aliphatic heterocycles. The molecule has 3 rings (SSSR count). The van der Waals surface area contributed by atoms with Crippen molar-refractivity contribution in [3.05, 3.63) is 47.9 Å². The number of aromatic nitrogens is 2. The van der Waals surface area contributed by atoms with Crippen molar-refractivity contribution in [2.75, 3.05) is 20.7 Å². The Labute approximate surface area is 142 Å². The highest BCUT2D eigenvalue weighted by Crippen LogP contribution is 2.23. The van der Waals surface area contributed by atoms with Gasteiger partial charge >= 0.3 is 0 Å². The highest BCUT2D eigenvalue weighted by Gasteiger charge is 2.24. The van der Waals surface area contributed by atoms with Gasteiger partial charge in [0.2, 0.25) is 11.8 Å². The summed E-state index contributed by atoms with van der Waals surface area (Å²) < 4.78 is 7.63. The second-order valence-electron chi connectivity index (χ2n) is 6.24. The van der Waals surface area contributed by atoms with Crippen molar-refractivity contribution in [2.24, 2.45) is 5.92 Å². The predicted molar refractivity (Wildman–Crippen MR) is 91.5 cm³/mol. The van der Waals surface area contributed by atoms with E-state index in [2.05, 4.69) is 38.1 Å². The quantitative estimate of drug-likeness (QED) is 0.907. The summed E-state index contributed by atoms with van der Waals surface area (Å²) in [6, 6.07) is 8.19. The molecule has 24 heavy (non-hydrogen) atoms. The number of nitrogens with one attached hydrogen (secondary N) is 1. The van der Waals surface area contributed by atoms with Gasteiger partial charge in [0.15, 0.2) is 0 Å². The summed E-state index contributed by atoms with van der Waals surface area (Å²) >= 11 is 0. The molecule has 1 atom stereocenters. The van der Waals surface area contributed by atoms with Gasteiger partial charge in [-0.15, -0.1) is 0 Å². The van der Waals surface area contributed by atoms with Crippen LogP contribution in [0.25, 0.3) is 0 Å². The summed E-state index contributed by atoms with van der Waals surface area (Å²) in [4.78, 5) is 18.5. The van der Waals surface area contributed by atoms with E-state index < -0.39 is 0 Å². The predicted octanol–water partition coefficient (Wildman–Crippen LogP) is 1.66. The zero-order valence-corrected chi connectivity index (χ0v) is 14.2. The first kappa shape index (κ1) is 16.5. The molecule has 0 saturated heterocycles. The molecule has 1 amide bonds. The number of carbonyl (C=O) groups is 1. The van der Waals surface area contributed by atoms with Crippen molar-refractivity contribution in [1.82, 2.24) is 19.8 Å². The molecule has 0 aromatic carbocycles. The van der Waals surface area contributed by atoms with Gasteiger partial charge in [0.25, 0.3) is 0 Å². The molecular weight excluding hydrogens is 304 g/mol. The summed E-state index contributed by atoms with van der Waals surface area (Å²) in [5, 5.41) is 2.74. The molecule has 6 nitrogen and oxygen atoms in total. The van der Waals surface area contributed by atoms with Crippen LogP contribution in [0.5, 0.6) is 5.88 Å². The van der Waals surface area contributed by atoms with Crippen LogP contribution < -0.4 is 10.1 Å². The molecule has 6 heteroatoms. The normalized spacial score (nSPS) is 17.8. The number of methoxy groups -OCH3 is 1. The van der Waals surface area contributed by atoms with Gasteiger partial charge in [-0.1, -0.05) is 6.07 Å². The minimum atomic E-state index is 0.0921. The Morgan fingerprint density at radius 2 is 2.25 bits per heavy atom. The number of hydrogen-bond acceptors (Lipinski definition) is 4. The molecule has 0 bridgehead atoms. The monoisotopic (exact) mass is 328 g/mol. The number of rotatable bonds is 5. The van der Waals surface area contributed by atoms with E-state index in [1.807, 2.05) is 12.1 Å². The van der Waals surface area contributed by atoms with E-state index in [1.54, 1.807) is 20.4 Å². The molecule has 1 aliphatic rings. The zero-order chi connectivity index (χ0) is 16.9. The second kappa shape index (κ2) is 7.49. The SMILES string of the molecule is CNC(=O)C[C@@H]1CN(Cc2cccnc2OC)Cc2cccn2C1. The first-order chi connectivity index (χ1) is 11.7. The Morgan fingerprint density at radius 1 is 1.38 bits per heavy atom. The van der Waals surface area contributed by atoms with E-state index in [0.29, 0.717) is 12.3 Å². The Kier molecular flexibility index (Phi) is 5.15. The van der Waals surface area contributed by atoms with Gasteiger partial charge in [-0.2, -0.15) is 0 Å². The lowest BCUT2D eigenvalue weighted by atomic mass is 10.0. The van der Waals surface area contributed by atoms with Crippen LogP contribution in [0.2, 0.25) is 0 Å². The maximum Gasteiger partial charge on any atom is 0.220 e. The number of fused-ring (bicyclic) bond motifs is 1. The van der Waals surface area contributed by atoms with E-state index in [-0.39, 0.29) is 11.8 Å². The van der Waals surface area contributed by atoms with Gasteiger partial charge in [0, 0.05) is 63.3 Å². The number of amides is 1. The summed E-state index contributed by atoms with van der Waals surface area (Å²) in [6.45, 7) is 3.35. The highest BCUT2D eigenvalue weighted by atomic mass is 16.5. The number of pyridine rings is 1. The Hall–Kier alpha value is -2.34. The van der Waals surface area contributed by atoms with Crippen molar-refractivity contribution >= 4 is 5.91 Å². The average Bonchev–Trinajstić information content (AvgIpc) is 2.95. The maximum atomic E-state index is 11.8. The third-order valence-corrected chi connectivity index (χ3v) is 4.47. The van der Waals surface area contributed by atoms with Crippen molar-refractivity contribution in [3.8, 4) is 5.88 Å². The van der Waals surface area contributed by atoms with Crippen LogP contribution in [0.3, 0.4) is 0 Å². The van der Waals surface area contributed by atoms with Crippen LogP contribution in [0, 0.1) is 5.92 Å². The lowest BCUT2D eigenvalue weighted by molar-refractivity contribution is -0.121. The Bertz CT molecular complexity index is 698. The molecule has 0 aliphatic carbocycles. The van der Waals surface area contributed by atoms with Crippen LogP contribution in [0.1, 0.15) is 17.7 Å². The second-order valence-corrected chi connectivity index (χ2v) is 6.24. The fourth-order valence-electron chi connectivity index (χ4n) is 3.35. The average molecular weight is 328 g/mol. The fraction of sp³-hybridized carbons (Fsp3) is 0.444. The Morgan fingerprint density at radius 3 is 3.04 bits per heavy atom. The van der Waals surface area contributed by atoms with Crippen molar-refractivity contribution in [3.63, 3.8) is 0 Å². The number of hydrogen-bond donors (Lipinski definition) is 1. The summed E-state index contributed by atoms with van der Waals surface area (Å²) in [5.74, 6) is 1.04. The fourth-order valence-corrected chi connectivity index (χ4v) is 3.35. The summed E-state index contributed by atoms with van der Waals surface area (Å²) in [7, 11) is 3.34. The third kappa shape index (κ3) is 3.76. The smallest absolute Gasteiger partial charge is 0.220 e. The standard InChI is InChI=1S/C18H24N4O2/c1-19-17(23)9-14-10-21(13-16-6-4-8-22(16)11-14)12-15-5-3-7-20-18(15)24-2/h3-8,14H,9-13H2,1-2H3,(H,19,23)/t14-/m1/s1. The first-order valence-electron chi connectivity index (χ1n) is 8.24. The number of ether oxygens (including phenoxy) is 1. The van der Waals surface area contributed by atoms with Crippen LogP contribution >= 0.6 is 0 Å². The van der Waals surface area contributed by atoms with Crippen molar-refractivity contribution in [2.45, 2.75) is 26.1 Å². The lowest BCUT2D eigenvalue weighted by Gasteiger charge is -2.24. The van der Waals surface area contributed by atoms with Gasteiger partial charge in [-0.25, -0.2) is 4.98 Å². The van der Waals surface area contributed by atoms with E-state index in [0.717, 1.165) is 31.7 Å². The molecular formula is C18H24N4O2. The van der Waals surface area contributed by atoms with Crippen LogP contribution in [0.4, 0.5) is 0 Å². The van der Waals surface area contributed by atoms with Crippen molar-refractivity contribution in [1.29, 1.82) is 0 Å². The molecule has 0 spiro atoms. The molecule has 3 heterocycles. The summed E-state index contributed by atoms with van der Waals surface area (Å²) in [6.07, 6.45) is 4.37. The largest absolute Gasteiger partial charge is 0.481 e. The number of carbonyl (C=O) groups excluding carboxylic acids is 1. The zero-order valence-electron chi connectivity index (χ0n) is 14.2. The van der Waals surface area contributed by atoms with Crippen LogP contribution in [-0.4, -0.2) is 41.1 Å². The molecule has 2 aromatic rings. The van der Waals surface area contributed by atoms with Gasteiger partial charge in [-0.05, 0) is 24.1 Å². The van der Waals surface area contributed by atoms with Gasteiger partial charge in [0.05, 0.1) is 7.11 Å². The maximum absolute atomic E-state index is 11.8. The first-order valence-corrected chi connectivity index (χ1v) is 8.24. The van der Waals surface area contributed by atoms with Gasteiger partial charge < -0.3 is 14.6 Å². The third-order valence-electron chi connectivity index (χ3n) is 4.47. The van der Waals surface area contributed by atoms with Crippen LogP contribution in [0.15, 0.2) is 36.7 Å². The molecule has 1 N–H and O–H groups in total. The minimum absolute atomic E-state index is 0.0921. The van der Waals surface area contributed by atoms with E-state index in [9.17, 15) is 4.79 Å². The molecule has 0 saturated carbocycles. The van der Waals surface area contributed by atoms with E-state index in [1.165, 1.54) is 5.69 Å².